The van der Waals surface area contributed by atoms with Crippen molar-refractivity contribution in [3.63, 3.8) is 0 Å². The van der Waals surface area contributed by atoms with Gasteiger partial charge in [0.15, 0.2) is 0 Å². The number of hydrogen-bond donors (Lipinski definition) is 0. The molecule has 0 bridgehead atoms. The van der Waals surface area contributed by atoms with Crippen molar-refractivity contribution in [1.82, 2.24) is 0 Å². The first kappa shape index (κ1) is 13.7. The maximum absolute atomic E-state index is 11.8. The standard InChI is InChI=1S/C10H11O4P/c1-4-7-10(11)15(12,13-8-5-2)14-9-6-3/h2-4,7H,8-9H2,1H3/b7-4+. The van der Waals surface area contributed by atoms with Gasteiger partial charge in [0, 0.05) is 0 Å². The van der Waals surface area contributed by atoms with Gasteiger partial charge in [-0.1, -0.05) is 17.9 Å². The SMILES string of the molecule is C#CCOP(=O)(OCC#C)C(=O)/C=C/C. The van der Waals surface area contributed by atoms with Gasteiger partial charge in [-0.05, 0) is 13.0 Å². The van der Waals surface area contributed by atoms with Crippen molar-refractivity contribution in [3.05, 3.63) is 12.2 Å². The summed E-state index contributed by atoms with van der Waals surface area (Å²) in [6.45, 7) is 1.06. The molecule has 5 heteroatoms. The van der Waals surface area contributed by atoms with Gasteiger partial charge in [0.25, 0.3) is 5.52 Å². The Morgan fingerprint density at radius 3 is 2.13 bits per heavy atom. The minimum Gasteiger partial charge on any atom is -0.290 e. The van der Waals surface area contributed by atoms with Gasteiger partial charge in [0.05, 0.1) is 0 Å². The second-order valence-electron chi connectivity index (χ2n) is 2.29. The molecule has 0 saturated heterocycles. The number of allylic oxidation sites excluding steroid dienone is 2. The van der Waals surface area contributed by atoms with Crippen molar-refractivity contribution in [2.45, 2.75) is 6.92 Å². The van der Waals surface area contributed by atoms with E-state index in [1.54, 1.807) is 6.92 Å². The van der Waals surface area contributed by atoms with E-state index in [9.17, 15) is 9.36 Å². The fraction of sp³-hybridized carbons (Fsp3) is 0.300. The zero-order valence-electron chi connectivity index (χ0n) is 8.30. The lowest BCUT2D eigenvalue weighted by molar-refractivity contribution is -0.109. The maximum Gasteiger partial charge on any atom is 0.402 e. The number of carbonyl (C=O) groups excluding carboxylic acids is 1. The van der Waals surface area contributed by atoms with Gasteiger partial charge in [-0.25, -0.2) is 0 Å². The van der Waals surface area contributed by atoms with E-state index in [1.165, 1.54) is 6.08 Å². The topological polar surface area (TPSA) is 52.6 Å². The number of hydrogen-bond acceptors (Lipinski definition) is 4. The molecule has 0 fully saturated rings. The van der Waals surface area contributed by atoms with E-state index in [1.807, 2.05) is 0 Å². The maximum atomic E-state index is 11.8. The fourth-order valence-corrected chi connectivity index (χ4v) is 1.79. The van der Waals surface area contributed by atoms with Crippen molar-refractivity contribution >= 4 is 13.1 Å². The minimum absolute atomic E-state index is 0.273. The lowest BCUT2D eigenvalue weighted by Crippen LogP contribution is -2.05. The molecule has 0 rings (SSSR count). The van der Waals surface area contributed by atoms with Crippen LogP contribution < -0.4 is 0 Å². The molecule has 80 valence electrons. The Balaban J connectivity index is 4.71. The van der Waals surface area contributed by atoms with E-state index >= 15 is 0 Å². The molecule has 4 nitrogen and oxygen atoms in total. The molecule has 15 heavy (non-hydrogen) atoms. The quantitative estimate of drug-likeness (QED) is 0.392. The highest BCUT2D eigenvalue weighted by Gasteiger charge is 2.32. The van der Waals surface area contributed by atoms with Gasteiger partial charge in [-0.15, -0.1) is 12.8 Å². The third-order valence-electron chi connectivity index (χ3n) is 1.21. The Morgan fingerprint density at radius 1 is 1.33 bits per heavy atom. The van der Waals surface area contributed by atoms with Crippen LogP contribution in [0, 0.1) is 24.7 Å². The zero-order valence-corrected chi connectivity index (χ0v) is 9.20. The largest absolute Gasteiger partial charge is 0.402 e. The summed E-state index contributed by atoms with van der Waals surface area (Å²) in [5.41, 5.74) is -0.768. The van der Waals surface area contributed by atoms with Crippen molar-refractivity contribution in [2.75, 3.05) is 13.2 Å². The van der Waals surface area contributed by atoms with Gasteiger partial charge in [-0.2, -0.15) is 0 Å². The Labute approximate surface area is 89.2 Å². The first-order valence-electron chi connectivity index (χ1n) is 4.04. The summed E-state index contributed by atoms with van der Waals surface area (Å²) in [7, 11) is -3.87. The summed E-state index contributed by atoms with van der Waals surface area (Å²) in [6, 6.07) is 0. The third-order valence-corrected chi connectivity index (χ3v) is 2.84. The molecule has 0 aliphatic carbocycles. The Hall–Kier alpha value is -1.32. The van der Waals surface area contributed by atoms with E-state index in [0.29, 0.717) is 0 Å². The van der Waals surface area contributed by atoms with E-state index in [4.69, 9.17) is 21.9 Å². The predicted octanol–water partition coefficient (Wildman–Crippen LogP) is 1.58. The van der Waals surface area contributed by atoms with Gasteiger partial charge in [0.1, 0.15) is 13.2 Å². The Bertz CT molecular complexity index is 348. The van der Waals surface area contributed by atoms with E-state index < -0.39 is 13.1 Å². The van der Waals surface area contributed by atoms with Gasteiger partial charge in [-0.3, -0.25) is 18.4 Å². The average molecular weight is 226 g/mol. The minimum atomic E-state index is -3.87. The van der Waals surface area contributed by atoms with E-state index in [-0.39, 0.29) is 13.2 Å². The third kappa shape index (κ3) is 4.63. The van der Waals surface area contributed by atoms with Gasteiger partial charge < -0.3 is 0 Å². The molecule has 0 radical (unpaired) electrons. The van der Waals surface area contributed by atoms with Crippen LogP contribution in [-0.4, -0.2) is 18.7 Å². The summed E-state index contributed by atoms with van der Waals surface area (Å²) in [6.07, 6.45) is 12.3. The van der Waals surface area contributed by atoms with Crippen molar-refractivity contribution in [2.24, 2.45) is 0 Å². The lowest BCUT2D eigenvalue weighted by Gasteiger charge is -2.12. The van der Waals surface area contributed by atoms with Crippen LogP contribution in [0.25, 0.3) is 0 Å². The van der Waals surface area contributed by atoms with Crippen molar-refractivity contribution in [1.29, 1.82) is 0 Å². The Kier molecular flexibility index (Phi) is 6.42. The van der Waals surface area contributed by atoms with E-state index in [2.05, 4.69) is 11.8 Å². The summed E-state index contributed by atoms with van der Waals surface area (Å²) in [5.74, 6) is 4.19. The Morgan fingerprint density at radius 2 is 1.80 bits per heavy atom. The number of rotatable bonds is 6. The molecular formula is C10H11O4P. The molecule has 0 spiro atoms. The molecular weight excluding hydrogens is 215 g/mol. The first-order valence-corrected chi connectivity index (χ1v) is 5.58. The van der Waals surface area contributed by atoms with Crippen LogP contribution in [0.5, 0.6) is 0 Å². The molecule has 0 atom stereocenters. The molecule has 0 N–H and O–H groups in total. The summed E-state index contributed by atoms with van der Waals surface area (Å²) >= 11 is 0. The van der Waals surface area contributed by atoms with Crippen LogP contribution >= 0.6 is 7.60 Å². The smallest absolute Gasteiger partial charge is 0.290 e. The first-order chi connectivity index (χ1) is 7.10. The zero-order chi connectivity index (χ0) is 11.7. The highest BCUT2D eigenvalue weighted by molar-refractivity contribution is 7.72. The molecule has 0 aliphatic rings. The number of terminal acetylenes is 2. The van der Waals surface area contributed by atoms with Gasteiger partial charge in [0.2, 0.25) is 0 Å². The normalized spacial score (nSPS) is 10.9. The molecule has 0 amide bonds. The van der Waals surface area contributed by atoms with E-state index in [0.717, 1.165) is 6.08 Å². The predicted molar refractivity (Wildman–Crippen MR) is 57.0 cm³/mol. The monoisotopic (exact) mass is 226 g/mol. The second kappa shape index (κ2) is 7.04. The highest BCUT2D eigenvalue weighted by Crippen LogP contribution is 2.49. The molecule has 0 saturated carbocycles. The van der Waals surface area contributed by atoms with Gasteiger partial charge >= 0.3 is 7.60 Å². The molecule has 0 heterocycles. The summed E-state index contributed by atoms with van der Waals surface area (Å²) < 4.78 is 21.2. The number of carbonyl (C=O) groups is 1. The molecule has 0 unspecified atom stereocenters. The molecule has 0 aromatic carbocycles. The second-order valence-corrected chi connectivity index (χ2v) is 4.24. The van der Waals surface area contributed by atoms with Crippen molar-refractivity contribution < 1.29 is 18.4 Å². The van der Waals surface area contributed by atoms with Crippen molar-refractivity contribution in [3.8, 4) is 24.7 Å². The molecule has 0 aliphatic heterocycles. The van der Waals surface area contributed by atoms with Crippen LogP contribution in [0.1, 0.15) is 6.92 Å². The average Bonchev–Trinajstić information content (AvgIpc) is 2.24. The summed E-state index contributed by atoms with van der Waals surface area (Å²) in [5, 5.41) is 0. The highest BCUT2D eigenvalue weighted by atomic mass is 31.2. The lowest BCUT2D eigenvalue weighted by atomic mass is 10.6. The molecule has 0 aromatic heterocycles. The van der Waals surface area contributed by atoms with Crippen LogP contribution in [0.3, 0.4) is 0 Å². The molecule has 0 aromatic rings. The van der Waals surface area contributed by atoms with Crippen LogP contribution in [-0.2, 0) is 18.4 Å². The fourth-order valence-electron chi connectivity index (χ4n) is 0.643. The van der Waals surface area contributed by atoms with Crippen LogP contribution in [0.2, 0.25) is 0 Å². The summed E-state index contributed by atoms with van der Waals surface area (Å²) in [4.78, 5) is 11.3. The van der Waals surface area contributed by atoms with Crippen LogP contribution in [0.15, 0.2) is 12.2 Å². The van der Waals surface area contributed by atoms with Crippen LogP contribution in [0.4, 0.5) is 0 Å².